The number of benzene rings is 1. The SMILES string of the molecule is CC(C)Cn1nc(-c2ccc(Br)cc2)cc1C(C)C. The molecule has 2 nitrogen and oxygen atoms in total. The first-order valence-corrected chi connectivity index (χ1v) is 7.60. The summed E-state index contributed by atoms with van der Waals surface area (Å²) in [7, 11) is 0. The number of rotatable bonds is 4. The van der Waals surface area contributed by atoms with Crippen LogP contribution in [-0.4, -0.2) is 9.78 Å². The summed E-state index contributed by atoms with van der Waals surface area (Å²) < 4.78 is 3.26. The van der Waals surface area contributed by atoms with Crippen LogP contribution in [0.5, 0.6) is 0 Å². The van der Waals surface area contributed by atoms with E-state index in [-0.39, 0.29) is 0 Å². The van der Waals surface area contributed by atoms with E-state index in [0.29, 0.717) is 11.8 Å². The molecule has 0 bridgehead atoms. The summed E-state index contributed by atoms with van der Waals surface area (Å²) in [5.74, 6) is 1.10. The average Bonchev–Trinajstić information content (AvgIpc) is 2.73. The highest BCUT2D eigenvalue weighted by Crippen LogP contribution is 2.25. The molecule has 0 fully saturated rings. The third-order valence-electron chi connectivity index (χ3n) is 3.08. The van der Waals surface area contributed by atoms with Crippen molar-refractivity contribution < 1.29 is 0 Å². The van der Waals surface area contributed by atoms with Gasteiger partial charge in [0.15, 0.2) is 0 Å². The van der Waals surface area contributed by atoms with Crippen molar-refractivity contribution in [3.63, 3.8) is 0 Å². The van der Waals surface area contributed by atoms with Crippen LogP contribution in [0.25, 0.3) is 11.3 Å². The summed E-state index contributed by atoms with van der Waals surface area (Å²) in [4.78, 5) is 0. The monoisotopic (exact) mass is 320 g/mol. The second-order valence-corrected chi connectivity index (χ2v) is 6.61. The molecule has 0 atom stereocenters. The largest absolute Gasteiger partial charge is 0.268 e. The van der Waals surface area contributed by atoms with E-state index in [1.807, 2.05) is 0 Å². The molecule has 2 rings (SSSR count). The molecule has 0 aliphatic carbocycles. The summed E-state index contributed by atoms with van der Waals surface area (Å²) in [6.07, 6.45) is 0. The van der Waals surface area contributed by atoms with E-state index in [0.717, 1.165) is 16.7 Å². The first kappa shape index (κ1) is 14.3. The van der Waals surface area contributed by atoms with E-state index in [1.54, 1.807) is 0 Å². The van der Waals surface area contributed by atoms with Gasteiger partial charge < -0.3 is 0 Å². The Labute approximate surface area is 124 Å². The van der Waals surface area contributed by atoms with Crippen molar-refractivity contribution in [2.75, 3.05) is 0 Å². The molecular formula is C16H21BrN2. The topological polar surface area (TPSA) is 17.8 Å². The van der Waals surface area contributed by atoms with Gasteiger partial charge in [-0.15, -0.1) is 0 Å². The fraction of sp³-hybridized carbons (Fsp3) is 0.438. The Hall–Kier alpha value is -1.09. The fourth-order valence-electron chi connectivity index (χ4n) is 2.15. The number of nitrogens with zero attached hydrogens (tertiary/aromatic N) is 2. The molecule has 2 aromatic rings. The predicted molar refractivity (Wildman–Crippen MR) is 84.3 cm³/mol. The van der Waals surface area contributed by atoms with Crippen LogP contribution in [0, 0.1) is 5.92 Å². The molecule has 0 saturated carbocycles. The first-order valence-electron chi connectivity index (χ1n) is 6.81. The van der Waals surface area contributed by atoms with Crippen molar-refractivity contribution in [3.05, 3.63) is 40.5 Å². The minimum atomic E-state index is 0.496. The summed E-state index contributed by atoms with van der Waals surface area (Å²) in [6.45, 7) is 9.87. The van der Waals surface area contributed by atoms with Gasteiger partial charge in [0.05, 0.1) is 5.69 Å². The number of aromatic nitrogens is 2. The summed E-state index contributed by atoms with van der Waals surface area (Å²) in [5, 5.41) is 4.77. The lowest BCUT2D eigenvalue weighted by molar-refractivity contribution is 0.462. The van der Waals surface area contributed by atoms with Crippen LogP contribution < -0.4 is 0 Å². The van der Waals surface area contributed by atoms with Crippen LogP contribution in [0.3, 0.4) is 0 Å². The standard InChI is InChI=1S/C16H21BrN2/c1-11(2)10-19-16(12(3)4)9-15(18-19)13-5-7-14(17)8-6-13/h5-9,11-12H,10H2,1-4H3. The molecule has 0 radical (unpaired) electrons. The minimum Gasteiger partial charge on any atom is -0.268 e. The minimum absolute atomic E-state index is 0.496. The Morgan fingerprint density at radius 2 is 1.74 bits per heavy atom. The molecule has 0 aliphatic heterocycles. The zero-order valence-corrected chi connectivity index (χ0v) is 13.6. The van der Waals surface area contributed by atoms with Crippen LogP contribution in [0.15, 0.2) is 34.8 Å². The van der Waals surface area contributed by atoms with Crippen molar-refractivity contribution in [2.24, 2.45) is 5.92 Å². The maximum atomic E-state index is 4.77. The predicted octanol–water partition coefficient (Wildman–Crippen LogP) is 5.09. The van der Waals surface area contributed by atoms with Crippen LogP contribution in [0.1, 0.15) is 39.3 Å². The van der Waals surface area contributed by atoms with Gasteiger partial charge in [-0.1, -0.05) is 55.8 Å². The van der Waals surface area contributed by atoms with Crippen LogP contribution in [0.2, 0.25) is 0 Å². The van der Waals surface area contributed by atoms with Crippen LogP contribution in [-0.2, 0) is 6.54 Å². The molecule has 0 N–H and O–H groups in total. The molecule has 0 unspecified atom stereocenters. The summed E-state index contributed by atoms with van der Waals surface area (Å²) in [5.41, 5.74) is 3.55. The Kier molecular flexibility index (Phi) is 4.46. The third kappa shape index (κ3) is 3.47. The normalized spacial score (nSPS) is 11.5. The maximum absolute atomic E-state index is 4.77. The van der Waals surface area contributed by atoms with Crippen molar-refractivity contribution in [1.82, 2.24) is 9.78 Å². The summed E-state index contributed by atoms with van der Waals surface area (Å²) >= 11 is 3.47. The highest BCUT2D eigenvalue weighted by molar-refractivity contribution is 9.10. The van der Waals surface area contributed by atoms with E-state index in [4.69, 9.17) is 5.10 Å². The molecule has 0 saturated heterocycles. The molecule has 0 spiro atoms. The van der Waals surface area contributed by atoms with E-state index >= 15 is 0 Å². The van der Waals surface area contributed by atoms with Crippen molar-refractivity contribution >= 4 is 15.9 Å². The van der Waals surface area contributed by atoms with E-state index in [2.05, 4.69) is 78.6 Å². The van der Waals surface area contributed by atoms with Gasteiger partial charge in [0.25, 0.3) is 0 Å². The molecule has 19 heavy (non-hydrogen) atoms. The Morgan fingerprint density at radius 1 is 1.11 bits per heavy atom. The number of halogens is 1. The molecule has 3 heteroatoms. The molecule has 0 aliphatic rings. The van der Waals surface area contributed by atoms with E-state index < -0.39 is 0 Å². The lowest BCUT2D eigenvalue weighted by Crippen LogP contribution is -2.10. The van der Waals surface area contributed by atoms with Gasteiger partial charge >= 0.3 is 0 Å². The second-order valence-electron chi connectivity index (χ2n) is 5.69. The lowest BCUT2D eigenvalue weighted by atomic mass is 10.1. The zero-order valence-electron chi connectivity index (χ0n) is 12.0. The van der Waals surface area contributed by atoms with E-state index in [9.17, 15) is 0 Å². The molecule has 0 amide bonds. The van der Waals surface area contributed by atoms with E-state index in [1.165, 1.54) is 11.3 Å². The number of hydrogen-bond acceptors (Lipinski definition) is 1. The van der Waals surface area contributed by atoms with Gasteiger partial charge in [-0.3, -0.25) is 4.68 Å². The molecule has 1 aromatic heterocycles. The maximum Gasteiger partial charge on any atom is 0.0926 e. The van der Waals surface area contributed by atoms with Crippen molar-refractivity contribution in [2.45, 2.75) is 40.2 Å². The van der Waals surface area contributed by atoms with Gasteiger partial charge in [0.1, 0.15) is 0 Å². The Balaban J connectivity index is 2.39. The third-order valence-corrected chi connectivity index (χ3v) is 3.61. The quantitative estimate of drug-likeness (QED) is 0.767. The van der Waals surface area contributed by atoms with Crippen LogP contribution in [0.4, 0.5) is 0 Å². The van der Waals surface area contributed by atoms with Gasteiger partial charge in [0, 0.05) is 22.3 Å². The molecular weight excluding hydrogens is 300 g/mol. The molecule has 1 aromatic carbocycles. The second kappa shape index (κ2) is 5.91. The van der Waals surface area contributed by atoms with Gasteiger partial charge in [-0.25, -0.2) is 0 Å². The highest BCUT2D eigenvalue weighted by Gasteiger charge is 2.13. The summed E-state index contributed by atoms with van der Waals surface area (Å²) in [6, 6.07) is 10.6. The van der Waals surface area contributed by atoms with Gasteiger partial charge in [-0.05, 0) is 30.0 Å². The highest BCUT2D eigenvalue weighted by atomic mass is 79.9. The van der Waals surface area contributed by atoms with Gasteiger partial charge in [0.2, 0.25) is 0 Å². The van der Waals surface area contributed by atoms with Crippen molar-refractivity contribution in [3.8, 4) is 11.3 Å². The fourth-order valence-corrected chi connectivity index (χ4v) is 2.41. The Bertz CT molecular complexity index is 538. The van der Waals surface area contributed by atoms with Gasteiger partial charge in [-0.2, -0.15) is 5.10 Å². The van der Waals surface area contributed by atoms with Crippen molar-refractivity contribution in [1.29, 1.82) is 0 Å². The smallest absolute Gasteiger partial charge is 0.0926 e. The Morgan fingerprint density at radius 3 is 2.26 bits per heavy atom. The molecule has 1 heterocycles. The molecule has 102 valence electrons. The average molecular weight is 321 g/mol. The lowest BCUT2D eigenvalue weighted by Gasteiger charge is -2.11. The first-order chi connectivity index (χ1) is 8.97. The zero-order chi connectivity index (χ0) is 14.0. The van der Waals surface area contributed by atoms with Crippen LogP contribution >= 0.6 is 15.9 Å². The number of hydrogen-bond donors (Lipinski definition) is 0.